The lowest BCUT2D eigenvalue weighted by Gasteiger charge is -2.39. The van der Waals surface area contributed by atoms with E-state index in [9.17, 15) is 24.3 Å². The van der Waals surface area contributed by atoms with E-state index in [1.807, 2.05) is 13.8 Å². The van der Waals surface area contributed by atoms with Gasteiger partial charge in [-0.2, -0.15) is 0 Å². The number of aliphatic carboxylic acids is 1. The van der Waals surface area contributed by atoms with E-state index in [1.165, 1.54) is 18.2 Å². The lowest BCUT2D eigenvalue weighted by atomic mass is 9.81. The van der Waals surface area contributed by atoms with Crippen molar-refractivity contribution in [3.8, 4) is 0 Å². The van der Waals surface area contributed by atoms with E-state index in [1.54, 1.807) is 19.1 Å². The minimum atomic E-state index is -1.21. The number of hydrogen-bond donors (Lipinski definition) is 1. The lowest BCUT2D eigenvalue weighted by Crippen LogP contribution is -2.54. The molecule has 3 atom stereocenters. The van der Waals surface area contributed by atoms with Gasteiger partial charge in [-0.05, 0) is 38.0 Å². The van der Waals surface area contributed by atoms with Crippen LogP contribution in [0.15, 0.2) is 35.9 Å². The molecule has 0 saturated carbocycles. The molecule has 8 nitrogen and oxygen atoms in total. The molecule has 1 N–H and O–H groups in total. The molecule has 1 aliphatic heterocycles. The summed E-state index contributed by atoms with van der Waals surface area (Å²) in [5.74, 6) is -4.14. The third kappa shape index (κ3) is 4.25. The summed E-state index contributed by atoms with van der Waals surface area (Å²) in [6.07, 6.45) is 1.46. The highest BCUT2D eigenvalue weighted by Crippen LogP contribution is 2.36. The predicted octanol–water partition coefficient (Wildman–Crippen LogP) is 2.82. The van der Waals surface area contributed by atoms with E-state index in [0.29, 0.717) is 12.8 Å². The monoisotopic (exact) mass is 429 g/mol. The first-order chi connectivity index (χ1) is 14.8. The van der Waals surface area contributed by atoms with Gasteiger partial charge < -0.3 is 14.6 Å². The second-order valence-corrected chi connectivity index (χ2v) is 7.61. The Bertz CT molecular complexity index is 883. The number of ether oxygens (including phenoxy) is 2. The van der Waals surface area contributed by atoms with Crippen LogP contribution in [0.4, 0.5) is 0 Å². The largest absolute Gasteiger partial charge is 0.481 e. The molecule has 1 aromatic carbocycles. The quantitative estimate of drug-likeness (QED) is 0.500. The number of imide groups is 1. The zero-order chi connectivity index (χ0) is 22.7. The van der Waals surface area contributed by atoms with Crippen LogP contribution in [0.2, 0.25) is 0 Å². The molecule has 0 fully saturated rings. The summed E-state index contributed by atoms with van der Waals surface area (Å²) in [6.45, 7) is 5.66. The van der Waals surface area contributed by atoms with Crippen molar-refractivity contribution in [2.24, 2.45) is 5.92 Å². The lowest BCUT2D eigenvalue weighted by molar-refractivity contribution is -0.152. The normalized spacial score (nSPS) is 23.0. The maximum Gasteiger partial charge on any atom is 0.333 e. The van der Waals surface area contributed by atoms with Crippen LogP contribution in [-0.2, 0) is 19.1 Å². The van der Waals surface area contributed by atoms with Crippen molar-refractivity contribution in [1.82, 2.24) is 4.90 Å². The average Bonchev–Trinajstić information content (AvgIpc) is 3.01. The van der Waals surface area contributed by atoms with Crippen LogP contribution >= 0.6 is 0 Å². The molecule has 8 heteroatoms. The molecule has 2 amide bonds. The topological polar surface area (TPSA) is 110 Å². The number of hydrogen-bond acceptors (Lipinski definition) is 6. The van der Waals surface area contributed by atoms with Crippen LogP contribution in [0.1, 0.15) is 60.7 Å². The fraction of sp³-hybridized carbons (Fsp3) is 0.478. The molecular weight excluding hydrogens is 402 g/mol. The van der Waals surface area contributed by atoms with Crippen LogP contribution in [0, 0.1) is 5.92 Å². The maximum absolute atomic E-state index is 13.1. The van der Waals surface area contributed by atoms with Gasteiger partial charge in [0.1, 0.15) is 5.92 Å². The smallest absolute Gasteiger partial charge is 0.333 e. The number of carbonyl (C=O) groups excluding carboxylic acids is 3. The number of carbonyl (C=O) groups is 4. The van der Waals surface area contributed by atoms with Gasteiger partial charge in [-0.3, -0.25) is 19.3 Å². The minimum absolute atomic E-state index is 0.107. The van der Waals surface area contributed by atoms with E-state index in [0.717, 1.165) is 4.90 Å². The highest BCUT2D eigenvalue weighted by Gasteiger charge is 2.50. The van der Waals surface area contributed by atoms with Crippen LogP contribution in [-0.4, -0.2) is 58.6 Å². The summed E-state index contributed by atoms with van der Waals surface area (Å²) in [4.78, 5) is 51.9. The van der Waals surface area contributed by atoms with Crippen molar-refractivity contribution in [3.63, 3.8) is 0 Å². The van der Waals surface area contributed by atoms with E-state index in [4.69, 9.17) is 9.47 Å². The molecule has 1 heterocycles. The van der Waals surface area contributed by atoms with Gasteiger partial charge in [-0.25, -0.2) is 4.79 Å². The molecule has 3 rings (SSSR count). The molecule has 0 bridgehead atoms. The van der Waals surface area contributed by atoms with Gasteiger partial charge in [0.05, 0.1) is 36.0 Å². The Hall–Kier alpha value is -3.00. The second-order valence-electron chi connectivity index (χ2n) is 7.61. The van der Waals surface area contributed by atoms with Gasteiger partial charge >= 0.3 is 11.9 Å². The molecule has 166 valence electrons. The number of rotatable bonds is 8. The first-order valence-electron chi connectivity index (χ1n) is 10.6. The first kappa shape index (κ1) is 22.7. The Morgan fingerprint density at radius 2 is 1.68 bits per heavy atom. The summed E-state index contributed by atoms with van der Waals surface area (Å²) in [5, 5.41) is 10.0. The highest BCUT2D eigenvalue weighted by molar-refractivity contribution is 6.21. The molecule has 0 unspecified atom stereocenters. The third-order valence-electron chi connectivity index (χ3n) is 5.80. The Morgan fingerprint density at radius 3 is 2.16 bits per heavy atom. The third-order valence-corrected chi connectivity index (χ3v) is 5.80. The van der Waals surface area contributed by atoms with Crippen molar-refractivity contribution in [1.29, 1.82) is 0 Å². The Morgan fingerprint density at radius 1 is 1.10 bits per heavy atom. The average molecular weight is 429 g/mol. The highest BCUT2D eigenvalue weighted by atomic mass is 16.5. The van der Waals surface area contributed by atoms with E-state index < -0.39 is 41.8 Å². The molecule has 2 aliphatic rings. The fourth-order valence-electron chi connectivity index (χ4n) is 4.21. The standard InChI is InChI=1S/C23H27NO7/c1-4-14(5-2)31-18-12-13(23(29)30-6-3)11-17(19(18)22(27)28)24-20(25)15-9-7-8-10-16(15)21(24)26/h7-10,12,14,17-19H,4-6,11H2,1-3H3,(H,27,28)/t17-,18+,19+/m0/s1. The molecule has 0 saturated heterocycles. The Kier molecular flexibility index (Phi) is 6.90. The molecule has 0 aromatic heterocycles. The van der Waals surface area contributed by atoms with Gasteiger partial charge in [-0.15, -0.1) is 0 Å². The SMILES string of the molecule is CCOC(=O)C1=C[C@@H](OC(CC)CC)[C@H](C(=O)O)[C@@H](N2C(=O)c3ccccc3C2=O)C1. The summed E-state index contributed by atoms with van der Waals surface area (Å²) >= 11 is 0. The summed E-state index contributed by atoms with van der Waals surface area (Å²) in [6, 6.07) is 5.29. The minimum Gasteiger partial charge on any atom is -0.481 e. The molecule has 0 spiro atoms. The van der Waals surface area contributed by atoms with Crippen molar-refractivity contribution >= 4 is 23.8 Å². The fourth-order valence-corrected chi connectivity index (χ4v) is 4.21. The zero-order valence-electron chi connectivity index (χ0n) is 17.9. The van der Waals surface area contributed by atoms with Gasteiger partial charge in [0.25, 0.3) is 11.8 Å². The van der Waals surface area contributed by atoms with Gasteiger partial charge in [0.2, 0.25) is 0 Å². The van der Waals surface area contributed by atoms with Crippen molar-refractivity contribution in [2.75, 3.05) is 6.61 Å². The molecule has 31 heavy (non-hydrogen) atoms. The summed E-state index contributed by atoms with van der Waals surface area (Å²) in [5.41, 5.74) is 0.652. The number of carboxylic acids is 1. The van der Waals surface area contributed by atoms with Gasteiger partial charge in [-0.1, -0.05) is 26.0 Å². The van der Waals surface area contributed by atoms with Crippen molar-refractivity contribution < 1.29 is 33.8 Å². The van der Waals surface area contributed by atoms with E-state index in [-0.39, 0.29) is 35.8 Å². The van der Waals surface area contributed by atoms with Crippen LogP contribution in [0.3, 0.4) is 0 Å². The summed E-state index contributed by atoms with van der Waals surface area (Å²) < 4.78 is 11.2. The number of benzene rings is 1. The number of amides is 2. The van der Waals surface area contributed by atoms with Crippen LogP contribution in [0.5, 0.6) is 0 Å². The number of esters is 1. The Labute approximate surface area is 180 Å². The number of nitrogens with zero attached hydrogens (tertiary/aromatic N) is 1. The van der Waals surface area contributed by atoms with Crippen LogP contribution in [0.25, 0.3) is 0 Å². The van der Waals surface area contributed by atoms with E-state index >= 15 is 0 Å². The molecular formula is C23H27NO7. The predicted molar refractivity (Wildman–Crippen MR) is 110 cm³/mol. The summed E-state index contributed by atoms with van der Waals surface area (Å²) in [7, 11) is 0. The first-order valence-corrected chi connectivity index (χ1v) is 10.6. The van der Waals surface area contributed by atoms with Crippen LogP contribution < -0.4 is 0 Å². The van der Waals surface area contributed by atoms with Gasteiger partial charge in [0.15, 0.2) is 0 Å². The molecule has 1 aliphatic carbocycles. The second kappa shape index (κ2) is 9.43. The zero-order valence-corrected chi connectivity index (χ0v) is 17.9. The van der Waals surface area contributed by atoms with Crippen molar-refractivity contribution in [2.45, 2.75) is 58.3 Å². The van der Waals surface area contributed by atoms with E-state index in [2.05, 4.69) is 0 Å². The maximum atomic E-state index is 13.1. The number of fused-ring (bicyclic) bond motifs is 1. The molecule has 0 radical (unpaired) electrons. The van der Waals surface area contributed by atoms with Gasteiger partial charge in [0, 0.05) is 12.0 Å². The molecule has 1 aromatic rings. The Balaban J connectivity index is 2.04. The number of carboxylic acid groups (broad SMARTS) is 1. The van der Waals surface area contributed by atoms with Crippen molar-refractivity contribution in [3.05, 3.63) is 47.0 Å².